The SMILES string of the molecule is COc1cc(OC)c(/C=C/S(=O)(=O)Cc2cnc(Cl)cn2)c(OC)c1. The Hall–Kier alpha value is -2.32. The maximum absolute atomic E-state index is 12.3. The summed E-state index contributed by atoms with van der Waals surface area (Å²) in [6.45, 7) is 0. The number of benzene rings is 1. The van der Waals surface area contributed by atoms with E-state index in [-0.39, 0.29) is 10.9 Å². The summed E-state index contributed by atoms with van der Waals surface area (Å²) < 4.78 is 40.3. The van der Waals surface area contributed by atoms with E-state index in [0.29, 0.717) is 28.5 Å². The molecule has 0 amide bonds. The van der Waals surface area contributed by atoms with Crippen molar-refractivity contribution in [2.45, 2.75) is 5.75 Å². The molecule has 0 bridgehead atoms. The number of sulfone groups is 1. The number of hydrogen-bond acceptors (Lipinski definition) is 7. The van der Waals surface area contributed by atoms with Gasteiger partial charge >= 0.3 is 0 Å². The van der Waals surface area contributed by atoms with Gasteiger partial charge in [-0.1, -0.05) is 11.6 Å². The Bertz CT molecular complexity index is 842. The zero-order chi connectivity index (χ0) is 18.4. The lowest BCUT2D eigenvalue weighted by molar-refractivity contribution is 0.374. The summed E-state index contributed by atoms with van der Waals surface area (Å²) in [6, 6.07) is 3.28. The van der Waals surface area contributed by atoms with Crippen molar-refractivity contribution >= 4 is 27.5 Å². The molecule has 1 aromatic heterocycles. The van der Waals surface area contributed by atoms with Gasteiger partial charge in [0.15, 0.2) is 9.84 Å². The third kappa shape index (κ3) is 5.07. The van der Waals surface area contributed by atoms with Crippen molar-refractivity contribution in [2.75, 3.05) is 21.3 Å². The van der Waals surface area contributed by atoms with Gasteiger partial charge in [-0.15, -0.1) is 0 Å². The van der Waals surface area contributed by atoms with Crippen LogP contribution in [0.25, 0.3) is 6.08 Å². The molecule has 0 spiro atoms. The average molecular weight is 385 g/mol. The van der Waals surface area contributed by atoms with Gasteiger partial charge in [-0.3, -0.25) is 4.98 Å². The molecule has 0 aliphatic carbocycles. The number of methoxy groups -OCH3 is 3. The molecule has 25 heavy (non-hydrogen) atoms. The number of halogens is 1. The van der Waals surface area contributed by atoms with Crippen LogP contribution in [0.15, 0.2) is 29.9 Å². The van der Waals surface area contributed by atoms with E-state index in [4.69, 9.17) is 25.8 Å². The molecule has 1 heterocycles. The Morgan fingerprint density at radius 1 is 1.04 bits per heavy atom. The van der Waals surface area contributed by atoms with Gasteiger partial charge in [-0.05, 0) is 6.08 Å². The minimum Gasteiger partial charge on any atom is -0.496 e. The van der Waals surface area contributed by atoms with Crippen LogP contribution in [-0.4, -0.2) is 39.7 Å². The minimum atomic E-state index is -3.58. The standard InChI is InChI=1S/C16H17ClN2O5S/c1-22-12-6-14(23-2)13(15(7-12)24-3)4-5-25(20,21)10-11-8-19-16(17)9-18-11/h4-9H,10H2,1-3H3/b5-4+. The Morgan fingerprint density at radius 2 is 1.68 bits per heavy atom. The van der Waals surface area contributed by atoms with Gasteiger partial charge in [0.1, 0.15) is 22.4 Å². The smallest absolute Gasteiger partial charge is 0.177 e. The van der Waals surface area contributed by atoms with Crippen molar-refractivity contribution in [3.05, 3.63) is 46.3 Å². The fourth-order valence-corrected chi connectivity index (χ4v) is 3.13. The second kappa shape index (κ2) is 8.17. The number of aromatic nitrogens is 2. The molecular formula is C16H17ClN2O5S. The lowest BCUT2D eigenvalue weighted by atomic mass is 10.1. The first kappa shape index (κ1) is 19.0. The van der Waals surface area contributed by atoms with Crippen molar-refractivity contribution in [3.8, 4) is 17.2 Å². The molecule has 2 aromatic rings. The topological polar surface area (TPSA) is 87.6 Å². The van der Waals surface area contributed by atoms with E-state index in [0.717, 1.165) is 5.41 Å². The Labute approximate surface area is 151 Å². The molecule has 0 fully saturated rings. The van der Waals surface area contributed by atoms with Crippen LogP contribution in [0.2, 0.25) is 5.15 Å². The van der Waals surface area contributed by atoms with E-state index < -0.39 is 9.84 Å². The lowest BCUT2D eigenvalue weighted by Crippen LogP contribution is -2.03. The largest absolute Gasteiger partial charge is 0.496 e. The summed E-state index contributed by atoms with van der Waals surface area (Å²) in [5.74, 6) is 1.09. The highest BCUT2D eigenvalue weighted by Gasteiger charge is 2.14. The molecule has 0 aliphatic rings. The molecule has 0 atom stereocenters. The number of ether oxygens (including phenoxy) is 3. The highest BCUT2D eigenvalue weighted by atomic mass is 35.5. The number of nitrogens with zero attached hydrogens (tertiary/aromatic N) is 2. The van der Waals surface area contributed by atoms with Crippen molar-refractivity contribution in [1.82, 2.24) is 9.97 Å². The van der Waals surface area contributed by atoms with Crippen LogP contribution in [0.4, 0.5) is 0 Å². The summed E-state index contributed by atoms with van der Waals surface area (Å²) in [6.07, 6.45) is 4.03. The third-order valence-electron chi connectivity index (χ3n) is 3.22. The summed E-state index contributed by atoms with van der Waals surface area (Å²) in [5.41, 5.74) is 0.777. The second-order valence-corrected chi connectivity index (χ2v) is 7.16. The van der Waals surface area contributed by atoms with E-state index >= 15 is 0 Å². The molecule has 0 aliphatic heterocycles. The predicted octanol–water partition coefficient (Wildman–Crippen LogP) is 2.74. The summed E-state index contributed by atoms with van der Waals surface area (Å²) in [5, 5.41) is 1.28. The van der Waals surface area contributed by atoms with Gasteiger partial charge < -0.3 is 14.2 Å². The number of hydrogen-bond donors (Lipinski definition) is 0. The Kier molecular flexibility index (Phi) is 6.22. The molecule has 0 N–H and O–H groups in total. The lowest BCUT2D eigenvalue weighted by Gasteiger charge is -2.12. The average Bonchev–Trinajstić information content (AvgIpc) is 2.61. The van der Waals surface area contributed by atoms with Crippen LogP contribution in [0.1, 0.15) is 11.3 Å². The number of rotatable bonds is 7. The first-order valence-electron chi connectivity index (χ1n) is 7.06. The molecule has 134 valence electrons. The first-order chi connectivity index (χ1) is 11.9. The maximum atomic E-state index is 12.3. The normalized spacial score (nSPS) is 11.5. The molecule has 0 unspecified atom stereocenters. The van der Waals surface area contributed by atoms with Crippen molar-refractivity contribution < 1.29 is 22.6 Å². The van der Waals surface area contributed by atoms with Crippen LogP contribution in [0, 0.1) is 0 Å². The minimum absolute atomic E-state index is 0.199. The van der Waals surface area contributed by atoms with Crippen LogP contribution in [0.3, 0.4) is 0 Å². The summed E-state index contributed by atoms with van der Waals surface area (Å²) >= 11 is 5.64. The summed E-state index contributed by atoms with van der Waals surface area (Å²) in [4.78, 5) is 7.75. The maximum Gasteiger partial charge on any atom is 0.177 e. The van der Waals surface area contributed by atoms with Gasteiger partial charge in [0.2, 0.25) is 0 Å². The molecule has 1 aromatic carbocycles. The first-order valence-corrected chi connectivity index (χ1v) is 9.15. The Morgan fingerprint density at radius 3 is 2.16 bits per heavy atom. The van der Waals surface area contributed by atoms with Crippen LogP contribution in [0.5, 0.6) is 17.2 Å². The molecule has 9 heteroatoms. The summed E-state index contributed by atoms with van der Waals surface area (Å²) in [7, 11) is 0.886. The van der Waals surface area contributed by atoms with E-state index in [2.05, 4.69) is 9.97 Å². The van der Waals surface area contributed by atoms with Crippen LogP contribution >= 0.6 is 11.6 Å². The monoisotopic (exact) mass is 384 g/mol. The van der Waals surface area contributed by atoms with Gasteiger partial charge in [0.05, 0.1) is 50.7 Å². The van der Waals surface area contributed by atoms with Gasteiger partial charge in [-0.2, -0.15) is 0 Å². The third-order valence-corrected chi connectivity index (χ3v) is 4.66. The van der Waals surface area contributed by atoms with E-state index in [1.54, 1.807) is 12.1 Å². The van der Waals surface area contributed by atoms with Crippen LogP contribution in [-0.2, 0) is 15.6 Å². The van der Waals surface area contributed by atoms with E-state index in [1.807, 2.05) is 0 Å². The quantitative estimate of drug-likeness (QED) is 0.725. The van der Waals surface area contributed by atoms with E-state index in [1.165, 1.54) is 39.8 Å². The fourth-order valence-electron chi connectivity index (χ4n) is 2.04. The highest BCUT2D eigenvalue weighted by molar-refractivity contribution is 7.93. The second-order valence-electron chi connectivity index (χ2n) is 4.89. The van der Waals surface area contributed by atoms with Gasteiger partial charge in [-0.25, -0.2) is 13.4 Å². The Balaban J connectivity index is 2.32. The fraction of sp³-hybridized carbons (Fsp3) is 0.250. The van der Waals surface area contributed by atoms with Gasteiger partial charge in [0.25, 0.3) is 0 Å². The zero-order valence-electron chi connectivity index (χ0n) is 13.9. The van der Waals surface area contributed by atoms with Crippen molar-refractivity contribution in [2.24, 2.45) is 0 Å². The van der Waals surface area contributed by atoms with Crippen molar-refractivity contribution in [1.29, 1.82) is 0 Å². The zero-order valence-corrected chi connectivity index (χ0v) is 15.5. The van der Waals surface area contributed by atoms with Gasteiger partial charge in [0, 0.05) is 17.5 Å². The van der Waals surface area contributed by atoms with Crippen molar-refractivity contribution in [3.63, 3.8) is 0 Å². The van der Waals surface area contributed by atoms with E-state index in [9.17, 15) is 8.42 Å². The van der Waals surface area contributed by atoms with Crippen LogP contribution < -0.4 is 14.2 Å². The highest BCUT2D eigenvalue weighted by Crippen LogP contribution is 2.35. The molecule has 7 nitrogen and oxygen atoms in total. The molecule has 0 saturated carbocycles. The molecule has 2 rings (SSSR count). The predicted molar refractivity (Wildman–Crippen MR) is 94.8 cm³/mol. The molecule has 0 saturated heterocycles. The molecule has 0 radical (unpaired) electrons. The molecular weight excluding hydrogens is 368 g/mol.